The van der Waals surface area contributed by atoms with Gasteiger partial charge in [-0.15, -0.1) is 6.42 Å². The Morgan fingerprint density at radius 3 is 2.50 bits per heavy atom. The Balaban J connectivity index is 0.00000199. The summed E-state index contributed by atoms with van der Waals surface area (Å²) in [7, 11) is 1.63. The summed E-state index contributed by atoms with van der Waals surface area (Å²) in [5, 5.41) is 4.11. The number of hydrogen-bond donors (Lipinski definition) is 1. The van der Waals surface area contributed by atoms with Gasteiger partial charge in [-0.2, -0.15) is 0 Å². The van der Waals surface area contributed by atoms with Gasteiger partial charge in [0.2, 0.25) is 0 Å². The summed E-state index contributed by atoms with van der Waals surface area (Å²) < 4.78 is 22.4. The molecule has 0 fully saturated rings. The van der Waals surface area contributed by atoms with Gasteiger partial charge in [0.15, 0.2) is 11.5 Å². The van der Waals surface area contributed by atoms with Crippen molar-refractivity contribution in [2.45, 2.75) is 20.8 Å². The summed E-state index contributed by atoms with van der Waals surface area (Å²) in [5.74, 6) is 4.44. The fourth-order valence-corrected chi connectivity index (χ4v) is 2.91. The van der Waals surface area contributed by atoms with E-state index in [2.05, 4.69) is 21.2 Å². The average Bonchev–Trinajstić information content (AvgIpc) is 2.88. The molecule has 0 saturated heterocycles. The molecule has 0 spiro atoms. The first-order valence-electron chi connectivity index (χ1n) is 11.3. The number of fused-ring (bicyclic) bond motifs is 1. The van der Waals surface area contributed by atoms with Crippen LogP contribution in [0.25, 0.3) is 10.9 Å². The van der Waals surface area contributed by atoms with E-state index in [9.17, 15) is 0 Å². The Labute approximate surface area is 202 Å². The van der Waals surface area contributed by atoms with Crippen molar-refractivity contribution in [1.82, 2.24) is 9.97 Å². The quantitative estimate of drug-likeness (QED) is 0.220. The normalized spacial score (nSPS) is 10.4. The van der Waals surface area contributed by atoms with Gasteiger partial charge in [0.25, 0.3) is 0 Å². The van der Waals surface area contributed by atoms with Crippen molar-refractivity contribution >= 4 is 22.4 Å². The third-order valence-electron chi connectivity index (χ3n) is 4.47. The van der Waals surface area contributed by atoms with Crippen LogP contribution in [0.2, 0.25) is 0 Å². The molecule has 0 unspecified atom stereocenters. The van der Waals surface area contributed by atoms with E-state index in [0.717, 1.165) is 22.2 Å². The molecule has 3 rings (SSSR count). The fraction of sp³-hybridized carbons (Fsp3) is 0.333. The van der Waals surface area contributed by atoms with Crippen LogP contribution in [0, 0.1) is 12.3 Å². The summed E-state index contributed by atoms with van der Waals surface area (Å²) in [5.41, 5.74) is 2.34. The number of rotatable bonds is 12. The van der Waals surface area contributed by atoms with Crippen molar-refractivity contribution in [3.05, 3.63) is 60.4 Å². The van der Waals surface area contributed by atoms with E-state index in [4.69, 9.17) is 25.4 Å². The lowest BCUT2D eigenvalue weighted by Crippen LogP contribution is -2.10. The molecule has 0 saturated carbocycles. The monoisotopic (exact) mass is 463 g/mol. The molecule has 0 radical (unpaired) electrons. The molecular weight excluding hydrogens is 430 g/mol. The van der Waals surface area contributed by atoms with E-state index in [-0.39, 0.29) is 0 Å². The summed E-state index contributed by atoms with van der Waals surface area (Å²) >= 11 is 0. The van der Waals surface area contributed by atoms with Crippen LogP contribution in [0.3, 0.4) is 0 Å². The number of allylic oxidation sites excluding steroid dienone is 1. The summed E-state index contributed by atoms with van der Waals surface area (Å²) in [6.45, 7) is 8.19. The topological polar surface area (TPSA) is 74.7 Å². The van der Waals surface area contributed by atoms with Crippen LogP contribution in [-0.4, -0.2) is 50.1 Å². The maximum absolute atomic E-state index is 5.97. The van der Waals surface area contributed by atoms with Crippen molar-refractivity contribution in [3.8, 4) is 23.8 Å². The lowest BCUT2D eigenvalue weighted by atomic mass is 10.2. The van der Waals surface area contributed by atoms with Gasteiger partial charge in [0, 0.05) is 29.8 Å². The number of methoxy groups -OCH3 is 1. The molecule has 3 aromatic rings. The molecule has 7 heteroatoms. The van der Waals surface area contributed by atoms with Gasteiger partial charge in [-0.05, 0) is 31.2 Å². The Morgan fingerprint density at radius 1 is 1.00 bits per heavy atom. The highest BCUT2D eigenvalue weighted by molar-refractivity contribution is 5.93. The second-order valence-electron chi connectivity index (χ2n) is 6.72. The van der Waals surface area contributed by atoms with Crippen molar-refractivity contribution in [3.63, 3.8) is 0 Å². The molecule has 0 atom stereocenters. The molecule has 0 aliphatic heterocycles. The zero-order valence-electron chi connectivity index (χ0n) is 20.3. The highest BCUT2D eigenvalue weighted by atomic mass is 16.5. The number of ether oxygens (including phenoxy) is 4. The molecular formula is C27H33N3O4. The lowest BCUT2D eigenvalue weighted by molar-refractivity contribution is 0.116. The fourth-order valence-electron chi connectivity index (χ4n) is 2.91. The van der Waals surface area contributed by atoms with Crippen LogP contribution in [0.1, 0.15) is 26.3 Å². The van der Waals surface area contributed by atoms with Crippen molar-refractivity contribution in [2.24, 2.45) is 0 Å². The molecule has 2 aromatic carbocycles. The molecule has 1 aromatic heterocycles. The molecule has 180 valence electrons. The van der Waals surface area contributed by atoms with Crippen LogP contribution in [-0.2, 0) is 9.47 Å². The van der Waals surface area contributed by atoms with Gasteiger partial charge in [-0.25, -0.2) is 9.97 Å². The number of anilines is 2. The number of benzene rings is 2. The third-order valence-corrected chi connectivity index (χ3v) is 4.47. The highest BCUT2D eigenvalue weighted by Crippen LogP contribution is 2.35. The molecule has 7 nitrogen and oxygen atoms in total. The Bertz CT molecular complexity index is 1090. The van der Waals surface area contributed by atoms with Crippen LogP contribution in [0.15, 0.2) is 54.9 Å². The average molecular weight is 464 g/mol. The largest absolute Gasteiger partial charge is 0.487 e. The van der Waals surface area contributed by atoms with Gasteiger partial charge in [-0.3, -0.25) is 0 Å². The summed E-state index contributed by atoms with van der Waals surface area (Å²) in [6.07, 6.45) is 10.9. The van der Waals surface area contributed by atoms with E-state index in [1.807, 2.05) is 69.3 Å². The first kappa shape index (κ1) is 26.7. The minimum Gasteiger partial charge on any atom is -0.487 e. The number of nitrogens with one attached hydrogen (secondary N) is 1. The standard InChI is InChI=1S/C25H27N3O4.C2H6/c1-4-6-10-30-12-14-32-23-16-21-22(17-24(23)31-13-11-29-3)26-18-27-25(21)28-20-9-7-8-19(5-2)15-20;1-2/h2,4,6-9,15-18H,10-14H2,1,3H3,(H,26,27,28);1-2H3. The Kier molecular flexibility index (Phi) is 12.0. The van der Waals surface area contributed by atoms with Crippen molar-refractivity contribution < 1.29 is 18.9 Å². The molecule has 0 amide bonds. The van der Waals surface area contributed by atoms with Crippen LogP contribution >= 0.6 is 0 Å². The minimum atomic E-state index is 0.379. The predicted octanol–water partition coefficient (Wildman–Crippen LogP) is 5.38. The predicted molar refractivity (Wildman–Crippen MR) is 137 cm³/mol. The van der Waals surface area contributed by atoms with E-state index in [1.165, 1.54) is 6.33 Å². The van der Waals surface area contributed by atoms with E-state index < -0.39 is 0 Å². The van der Waals surface area contributed by atoms with Gasteiger partial charge in [0.1, 0.15) is 25.4 Å². The molecule has 0 aliphatic carbocycles. The lowest BCUT2D eigenvalue weighted by Gasteiger charge is -2.15. The second kappa shape index (κ2) is 15.3. The first-order valence-corrected chi connectivity index (χ1v) is 11.3. The first-order chi connectivity index (χ1) is 16.7. The maximum atomic E-state index is 5.97. The van der Waals surface area contributed by atoms with Crippen LogP contribution in [0.4, 0.5) is 11.5 Å². The smallest absolute Gasteiger partial charge is 0.163 e. The van der Waals surface area contributed by atoms with Gasteiger partial charge in [0.05, 0.1) is 25.3 Å². The zero-order chi connectivity index (χ0) is 24.6. The number of aromatic nitrogens is 2. The van der Waals surface area contributed by atoms with Crippen molar-refractivity contribution in [2.75, 3.05) is 45.5 Å². The maximum Gasteiger partial charge on any atom is 0.163 e. The SMILES string of the molecule is C#Cc1cccc(Nc2ncnc3cc(OCCOC)c(OCCOCC=CC)cc23)c1.CC. The molecule has 34 heavy (non-hydrogen) atoms. The molecule has 0 bridgehead atoms. The zero-order valence-corrected chi connectivity index (χ0v) is 20.3. The number of nitrogens with zero attached hydrogens (tertiary/aromatic N) is 2. The van der Waals surface area contributed by atoms with E-state index >= 15 is 0 Å². The Hall–Kier alpha value is -3.60. The van der Waals surface area contributed by atoms with Crippen LogP contribution in [0.5, 0.6) is 11.5 Å². The third kappa shape index (κ3) is 8.07. The number of terminal acetylenes is 1. The van der Waals surface area contributed by atoms with Crippen molar-refractivity contribution in [1.29, 1.82) is 0 Å². The number of hydrogen-bond acceptors (Lipinski definition) is 7. The van der Waals surface area contributed by atoms with E-state index in [1.54, 1.807) is 7.11 Å². The van der Waals surface area contributed by atoms with Crippen LogP contribution < -0.4 is 14.8 Å². The van der Waals surface area contributed by atoms with Gasteiger partial charge in [-0.1, -0.05) is 38.0 Å². The molecule has 0 aliphatic rings. The molecule has 1 heterocycles. The van der Waals surface area contributed by atoms with Gasteiger partial charge < -0.3 is 24.3 Å². The second-order valence-corrected chi connectivity index (χ2v) is 6.72. The Morgan fingerprint density at radius 2 is 1.76 bits per heavy atom. The van der Waals surface area contributed by atoms with Gasteiger partial charge >= 0.3 is 0 Å². The summed E-state index contributed by atoms with van der Waals surface area (Å²) in [6, 6.07) is 11.3. The van der Waals surface area contributed by atoms with E-state index in [0.29, 0.717) is 50.4 Å². The minimum absolute atomic E-state index is 0.379. The summed E-state index contributed by atoms with van der Waals surface area (Å²) in [4.78, 5) is 8.81. The highest BCUT2D eigenvalue weighted by Gasteiger charge is 2.13. The molecule has 1 N–H and O–H groups in total.